The molecule has 0 radical (unpaired) electrons. The Kier molecular flexibility index (Phi) is 2.47. The van der Waals surface area contributed by atoms with E-state index in [1.807, 2.05) is 32.9 Å². The summed E-state index contributed by atoms with van der Waals surface area (Å²) in [6.45, 7) is 5.84. The molecule has 0 saturated heterocycles. The summed E-state index contributed by atoms with van der Waals surface area (Å²) in [6, 6.07) is 4.96. The molecule has 4 N–H and O–H groups in total. The van der Waals surface area contributed by atoms with Crippen molar-refractivity contribution in [1.29, 1.82) is 0 Å². The SMILES string of the molecule is Cc1nc(C)c2c(c1C)c1cc(N)ccc1n2C(N)=O. The van der Waals surface area contributed by atoms with E-state index < -0.39 is 6.03 Å². The van der Waals surface area contributed by atoms with E-state index in [2.05, 4.69) is 4.98 Å². The van der Waals surface area contributed by atoms with Crippen LogP contribution in [0.15, 0.2) is 18.2 Å². The number of nitrogen functional groups attached to an aromatic ring is 1. The Labute approximate surface area is 116 Å². The van der Waals surface area contributed by atoms with Crippen molar-refractivity contribution in [2.24, 2.45) is 5.73 Å². The lowest BCUT2D eigenvalue weighted by Crippen LogP contribution is -2.19. The zero-order valence-corrected chi connectivity index (χ0v) is 11.7. The number of aromatic nitrogens is 2. The summed E-state index contributed by atoms with van der Waals surface area (Å²) >= 11 is 0. The Morgan fingerprint density at radius 2 is 1.90 bits per heavy atom. The zero-order chi connectivity index (χ0) is 14.6. The van der Waals surface area contributed by atoms with Gasteiger partial charge >= 0.3 is 6.03 Å². The number of amides is 1. The number of nitrogens with zero attached hydrogens (tertiary/aromatic N) is 2. The van der Waals surface area contributed by atoms with Crippen molar-refractivity contribution in [2.75, 3.05) is 5.73 Å². The van der Waals surface area contributed by atoms with E-state index in [9.17, 15) is 4.79 Å². The molecule has 0 bridgehead atoms. The average molecular weight is 268 g/mol. The van der Waals surface area contributed by atoms with Crippen molar-refractivity contribution in [2.45, 2.75) is 20.8 Å². The highest BCUT2D eigenvalue weighted by Gasteiger charge is 2.19. The molecule has 102 valence electrons. The fourth-order valence-electron chi connectivity index (χ4n) is 2.83. The van der Waals surface area contributed by atoms with E-state index in [1.165, 1.54) is 4.57 Å². The molecule has 20 heavy (non-hydrogen) atoms. The number of rotatable bonds is 0. The lowest BCUT2D eigenvalue weighted by atomic mass is 10.1. The molecule has 2 aromatic heterocycles. The Morgan fingerprint density at radius 3 is 2.55 bits per heavy atom. The minimum atomic E-state index is -0.511. The molecule has 0 aliphatic carbocycles. The number of hydrogen-bond acceptors (Lipinski definition) is 3. The lowest BCUT2D eigenvalue weighted by molar-refractivity contribution is 0.252. The maximum Gasteiger partial charge on any atom is 0.323 e. The van der Waals surface area contributed by atoms with E-state index in [-0.39, 0.29) is 0 Å². The first-order chi connectivity index (χ1) is 9.41. The number of fused-ring (bicyclic) bond motifs is 3. The van der Waals surface area contributed by atoms with Crippen molar-refractivity contribution in [3.63, 3.8) is 0 Å². The number of nitrogens with two attached hydrogens (primary N) is 2. The quantitative estimate of drug-likeness (QED) is 0.614. The van der Waals surface area contributed by atoms with Gasteiger partial charge in [-0.1, -0.05) is 0 Å². The van der Waals surface area contributed by atoms with Crippen LogP contribution in [0.25, 0.3) is 21.8 Å². The van der Waals surface area contributed by atoms with E-state index >= 15 is 0 Å². The van der Waals surface area contributed by atoms with Gasteiger partial charge in [0.2, 0.25) is 0 Å². The second-order valence-corrected chi connectivity index (χ2v) is 5.08. The van der Waals surface area contributed by atoms with Gasteiger partial charge in [-0.25, -0.2) is 4.79 Å². The molecule has 0 saturated carbocycles. The van der Waals surface area contributed by atoms with Crippen molar-refractivity contribution < 1.29 is 4.79 Å². The van der Waals surface area contributed by atoms with Gasteiger partial charge in [0.15, 0.2) is 0 Å². The molecule has 1 aromatic carbocycles. The average Bonchev–Trinajstić information content (AvgIpc) is 2.71. The molecule has 0 fully saturated rings. The summed E-state index contributed by atoms with van der Waals surface area (Å²) in [6.07, 6.45) is 0. The molecule has 0 aliphatic rings. The van der Waals surface area contributed by atoms with Crippen LogP contribution in [0.2, 0.25) is 0 Å². The Bertz CT molecular complexity index is 877. The third kappa shape index (κ3) is 1.49. The third-order valence-corrected chi connectivity index (χ3v) is 3.81. The predicted octanol–water partition coefficient (Wildman–Crippen LogP) is 2.62. The van der Waals surface area contributed by atoms with Gasteiger partial charge in [0.1, 0.15) is 0 Å². The molecule has 1 amide bonds. The van der Waals surface area contributed by atoms with E-state index in [0.717, 1.165) is 38.8 Å². The third-order valence-electron chi connectivity index (χ3n) is 3.81. The number of aryl methyl sites for hydroxylation is 3. The summed E-state index contributed by atoms with van der Waals surface area (Å²) in [7, 11) is 0. The highest BCUT2D eigenvalue weighted by atomic mass is 16.2. The molecular weight excluding hydrogens is 252 g/mol. The molecule has 0 aliphatic heterocycles. The first-order valence-electron chi connectivity index (χ1n) is 6.39. The van der Waals surface area contributed by atoms with Crippen LogP contribution < -0.4 is 11.5 Å². The number of benzene rings is 1. The highest BCUT2D eigenvalue weighted by Crippen LogP contribution is 2.34. The number of hydrogen-bond donors (Lipinski definition) is 2. The van der Waals surface area contributed by atoms with Gasteiger partial charge in [0.05, 0.1) is 16.7 Å². The van der Waals surface area contributed by atoms with Crippen molar-refractivity contribution in [1.82, 2.24) is 9.55 Å². The summed E-state index contributed by atoms with van der Waals surface area (Å²) in [5.41, 5.74) is 16.4. The monoisotopic (exact) mass is 268 g/mol. The first kappa shape index (κ1) is 12.5. The van der Waals surface area contributed by atoms with Crippen LogP contribution >= 0.6 is 0 Å². The molecule has 0 atom stereocenters. The normalized spacial score (nSPS) is 11.3. The predicted molar refractivity (Wildman–Crippen MR) is 80.8 cm³/mol. The second-order valence-electron chi connectivity index (χ2n) is 5.08. The van der Waals surface area contributed by atoms with E-state index in [1.54, 1.807) is 6.07 Å². The van der Waals surface area contributed by atoms with Gasteiger partial charge in [-0.2, -0.15) is 0 Å². The van der Waals surface area contributed by atoms with Gasteiger partial charge in [-0.3, -0.25) is 9.55 Å². The molecule has 3 aromatic rings. The summed E-state index contributed by atoms with van der Waals surface area (Å²) < 4.78 is 1.51. The Morgan fingerprint density at radius 1 is 1.20 bits per heavy atom. The second kappa shape index (κ2) is 3.96. The number of anilines is 1. The van der Waals surface area contributed by atoms with Crippen molar-refractivity contribution in [3.05, 3.63) is 35.2 Å². The van der Waals surface area contributed by atoms with Crippen LogP contribution in [0, 0.1) is 20.8 Å². The van der Waals surface area contributed by atoms with Crippen LogP contribution in [-0.2, 0) is 0 Å². The molecule has 5 heteroatoms. The van der Waals surface area contributed by atoms with Crippen LogP contribution in [0.5, 0.6) is 0 Å². The largest absolute Gasteiger partial charge is 0.399 e. The van der Waals surface area contributed by atoms with Crippen LogP contribution in [0.3, 0.4) is 0 Å². The smallest absolute Gasteiger partial charge is 0.323 e. The summed E-state index contributed by atoms with van der Waals surface area (Å²) in [5.74, 6) is 0. The van der Waals surface area contributed by atoms with Crippen LogP contribution in [0.4, 0.5) is 10.5 Å². The lowest BCUT2D eigenvalue weighted by Gasteiger charge is -2.07. The highest BCUT2D eigenvalue weighted by molar-refractivity contribution is 6.15. The van der Waals surface area contributed by atoms with Crippen LogP contribution in [0.1, 0.15) is 17.0 Å². The fourth-order valence-corrected chi connectivity index (χ4v) is 2.83. The molecule has 2 heterocycles. The van der Waals surface area contributed by atoms with Gasteiger partial charge < -0.3 is 11.5 Å². The molecule has 3 rings (SSSR count). The van der Waals surface area contributed by atoms with Gasteiger partial charge in [-0.15, -0.1) is 0 Å². The van der Waals surface area contributed by atoms with Gasteiger partial charge in [0.25, 0.3) is 0 Å². The maximum atomic E-state index is 11.8. The Balaban J connectivity index is 2.71. The summed E-state index contributed by atoms with van der Waals surface area (Å²) in [5, 5.41) is 1.93. The molecule has 5 nitrogen and oxygen atoms in total. The molecular formula is C15H16N4O. The van der Waals surface area contributed by atoms with Crippen molar-refractivity contribution >= 4 is 33.5 Å². The fraction of sp³-hybridized carbons (Fsp3) is 0.200. The number of carbonyl (C=O) groups excluding carboxylic acids is 1. The topological polar surface area (TPSA) is 86.9 Å². The Hall–Kier alpha value is -2.56. The number of primary amides is 1. The summed E-state index contributed by atoms with van der Waals surface area (Å²) in [4.78, 5) is 16.4. The molecule has 0 spiro atoms. The minimum Gasteiger partial charge on any atom is -0.399 e. The van der Waals surface area contributed by atoms with Gasteiger partial charge in [0, 0.05) is 22.2 Å². The van der Waals surface area contributed by atoms with E-state index in [0.29, 0.717) is 5.69 Å². The maximum absolute atomic E-state index is 11.8. The zero-order valence-electron chi connectivity index (χ0n) is 11.7. The first-order valence-corrected chi connectivity index (χ1v) is 6.39. The van der Waals surface area contributed by atoms with Crippen molar-refractivity contribution in [3.8, 4) is 0 Å². The standard InChI is InChI=1S/C15H16N4O/c1-7-8(2)18-9(3)14-13(7)11-6-10(16)4-5-12(11)19(14)15(17)20/h4-6H,16H2,1-3H3,(H2,17,20). The minimum absolute atomic E-state index is 0.511. The number of pyridine rings is 1. The number of carbonyl (C=O) groups is 1. The molecule has 0 unspecified atom stereocenters. The van der Waals surface area contributed by atoms with E-state index in [4.69, 9.17) is 11.5 Å². The van der Waals surface area contributed by atoms with Crippen LogP contribution in [-0.4, -0.2) is 15.6 Å². The van der Waals surface area contributed by atoms with Gasteiger partial charge in [-0.05, 0) is 44.5 Å².